The molecule has 0 bridgehead atoms. The van der Waals surface area contributed by atoms with Crippen molar-refractivity contribution >= 4 is 23.3 Å². The van der Waals surface area contributed by atoms with Crippen molar-refractivity contribution in [3.8, 4) is 5.75 Å². The number of hydrogen-bond acceptors (Lipinski definition) is 5. The fraction of sp³-hybridized carbons (Fsp3) is 0.150. The highest BCUT2D eigenvalue weighted by Gasteiger charge is 2.35. The molecule has 2 aromatic carbocycles. The molecule has 0 saturated heterocycles. The normalized spacial score (nSPS) is 12.7. The molecule has 0 aromatic heterocycles. The number of carbonyl (C=O) groups is 3. The van der Waals surface area contributed by atoms with Crippen LogP contribution in [0.15, 0.2) is 54.1 Å². The first-order chi connectivity index (χ1) is 12.5. The van der Waals surface area contributed by atoms with Crippen LogP contribution in [0, 0.1) is 0 Å². The van der Waals surface area contributed by atoms with E-state index in [2.05, 4.69) is 0 Å². The second-order valence-electron chi connectivity index (χ2n) is 5.56. The highest BCUT2D eigenvalue weighted by Crippen LogP contribution is 2.39. The third-order valence-electron chi connectivity index (χ3n) is 3.89. The Balaban J connectivity index is 2.09. The van der Waals surface area contributed by atoms with Crippen molar-refractivity contribution in [2.24, 2.45) is 0 Å². The largest absolute Gasteiger partial charge is 0.482 e. The van der Waals surface area contributed by atoms with Crippen molar-refractivity contribution in [3.05, 3.63) is 70.8 Å². The lowest BCUT2D eigenvalue weighted by atomic mass is 9.97. The standard InChI is InChI=1S/C20H16O6/c1-2-25-20(24)18-17(12-6-4-3-5-7-12)14-9-8-13(26-11-16(21)22)10-15(14)19(18)23/h3-10H,2,11H2,1H3,(H,21,22). The SMILES string of the molecule is CCOC(=O)C1=C(c2ccccc2)c2ccc(OCC(=O)O)cc2C1=O. The first-order valence-electron chi connectivity index (χ1n) is 8.03. The summed E-state index contributed by atoms with van der Waals surface area (Å²) < 4.78 is 10.2. The zero-order valence-electron chi connectivity index (χ0n) is 14.0. The van der Waals surface area contributed by atoms with Crippen LogP contribution in [-0.4, -0.2) is 36.0 Å². The van der Waals surface area contributed by atoms with Gasteiger partial charge in [-0.2, -0.15) is 0 Å². The summed E-state index contributed by atoms with van der Waals surface area (Å²) in [6.07, 6.45) is 0. The van der Waals surface area contributed by atoms with Gasteiger partial charge in [0.25, 0.3) is 0 Å². The summed E-state index contributed by atoms with van der Waals surface area (Å²) in [4.78, 5) is 35.9. The second-order valence-corrected chi connectivity index (χ2v) is 5.56. The fourth-order valence-corrected chi connectivity index (χ4v) is 2.85. The number of aliphatic carboxylic acids is 1. The Labute approximate surface area is 149 Å². The number of ketones is 1. The lowest BCUT2D eigenvalue weighted by Gasteiger charge is -2.08. The van der Waals surface area contributed by atoms with E-state index < -0.39 is 24.3 Å². The maximum atomic E-state index is 12.9. The summed E-state index contributed by atoms with van der Waals surface area (Å²) in [5.74, 6) is -2.01. The minimum absolute atomic E-state index is 0.0246. The van der Waals surface area contributed by atoms with Gasteiger partial charge in [0, 0.05) is 11.1 Å². The molecule has 1 N–H and O–H groups in total. The number of Topliss-reactive ketones (excluding diaryl/α,β-unsaturated/α-hetero) is 1. The Kier molecular flexibility index (Phi) is 4.84. The van der Waals surface area contributed by atoms with E-state index in [1.165, 1.54) is 6.07 Å². The zero-order valence-corrected chi connectivity index (χ0v) is 14.0. The lowest BCUT2D eigenvalue weighted by molar-refractivity contribution is -0.139. The molecule has 132 valence electrons. The van der Waals surface area contributed by atoms with E-state index in [9.17, 15) is 14.4 Å². The number of benzene rings is 2. The van der Waals surface area contributed by atoms with E-state index in [-0.39, 0.29) is 23.5 Å². The first-order valence-corrected chi connectivity index (χ1v) is 8.03. The first kappa shape index (κ1) is 17.4. The van der Waals surface area contributed by atoms with Crippen LogP contribution in [0.4, 0.5) is 0 Å². The Morgan fingerprint density at radius 2 is 1.77 bits per heavy atom. The molecule has 0 heterocycles. The van der Waals surface area contributed by atoms with Gasteiger partial charge in [-0.05, 0) is 36.2 Å². The van der Waals surface area contributed by atoms with Gasteiger partial charge in [0.15, 0.2) is 6.61 Å². The molecule has 0 radical (unpaired) electrons. The molecule has 0 fully saturated rings. The molecule has 0 atom stereocenters. The Bertz CT molecular complexity index is 911. The summed E-state index contributed by atoms with van der Waals surface area (Å²) >= 11 is 0. The Hall–Kier alpha value is -3.41. The predicted octanol–water partition coefficient (Wildman–Crippen LogP) is 2.71. The minimum Gasteiger partial charge on any atom is -0.482 e. The molecule has 0 saturated carbocycles. The maximum absolute atomic E-state index is 12.9. The molecular weight excluding hydrogens is 336 g/mol. The Morgan fingerprint density at radius 1 is 1.04 bits per heavy atom. The van der Waals surface area contributed by atoms with Gasteiger partial charge >= 0.3 is 11.9 Å². The number of ether oxygens (including phenoxy) is 2. The second kappa shape index (κ2) is 7.23. The van der Waals surface area contributed by atoms with Crippen molar-refractivity contribution in [2.75, 3.05) is 13.2 Å². The molecule has 1 aliphatic rings. The molecule has 6 nitrogen and oxygen atoms in total. The number of hydrogen-bond donors (Lipinski definition) is 1. The molecule has 0 unspecified atom stereocenters. The van der Waals surface area contributed by atoms with E-state index in [0.29, 0.717) is 11.1 Å². The van der Waals surface area contributed by atoms with Gasteiger partial charge in [-0.1, -0.05) is 30.3 Å². The average Bonchev–Trinajstić information content (AvgIpc) is 2.93. The van der Waals surface area contributed by atoms with Crippen LogP contribution < -0.4 is 4.74 Å². The zero-order chi connectivity index (χ0) is 18.7. The predicted molar refractivity (Wildman–Crippen MR) is 93.0 cm³/mol. The third-order valence-corrected chi connectivity index (χ3v) is 3.89. The monoisotopic (exact) mass is 352 g/mol. The van der Waals surface area contributed by atoms with Crippen LogP contribution in [0.2, 0.25) is 0 Å². The number of esters is 1. The van der Waals surface area contributed by atoms with E-state index in [0.717, 1.165) is 5.56 Å². The topological polar surface area (TPSA) is 89.9 Å². The smallest absolute Gasteiger partial charge is 0.342 e. The van der Waals surface area contributed by atoms with Crippen molar-refractivity contribution in [2.45, 2.75) is 6.92 Å². The fourth-order valence-electron chi connectivity index (χ4n) is 2.85. The molecule has 6 heteroatoms. The van der Waals surface area contributed by atoms with Crippen molar-refractivity contribution in [3.63, 3.8) is 0 Å². The summed E-state index contributed by atoms with van der Waals surface area (Å²) in [5, 5.41) is 8.72. The van der Waals surface area contributed by atoms with Crippen LogP contribution in [0.5, 0.6) is 5.75 Å². The quantitative estimate of drug-likeness (QED) is 0.635. The van der Waals surface area contributed by atoms with Gasteiger partial charge in [0.1, 0.15) is 11.3 Å². The number of fused-ring (bicyclic) bond motifs is 1. The molecule has 0 spiro atoms. The molecular formula is C20H16O6. The van der Waals surface area contributed by atoms with E-state index in [4.69, 9.17) is 14.6 Å². The van der Waals surface area contributed by atoms with Gasteiger partial charge in [0.2, 0.25) is 5.78 Å². The van der Waals surface area contributed by atoms with Crippen LogP contribution in [0.3, 0.4) is 0 Å². The molecule has 26 heavy (non-hydrogen) atoms. The molecule has 1 aliphatic carbocycles. The van der Waals surface area contributed by atoms with Gasteiger partial charge in [-0.25, -0.2) is 9.59 Å². The van der Waals surface area contributed by atoms with Crippen molar-refractivity contribution in [1.82, 2.24) is 0 Å². The molecule has 2 aromatic rings. The van der Waals surface area contributed by atoms with Crippen LogP contribution in [0.1, 0.15) is 28.4 Å². The van der Waals surface area contributed by atoms with E-state index in [1.54, 1.807) is 19.1 Å². The maximum Gasteiger partial charge on any atom is 0.342 e. The number of carboxylic acid groups (broad SMARTS) is 1. The summed E-state index contributed by atoms with van der Waals surface area (Å²) in [6, 6.07) is 13.8. The number of rotatable bonds is 6. The van der Waals surface area contributed by atoms with Gasteiger partial charge in [0.05, 0.1) is 6.61 Å². The average molecular weight is 352 g/mol. The molecule has 3 rings (SSSR count). The van der Waals surface area contributed by atoms with Crippen molar-refractivity contribution < 1.29 is 29.0 Å². The highest BCUT2D eigenvalue weighted by atomic mass is 16.5. The summed E-state index contributed by atoms with van der Waals surface area (Å²) in [6.45, 7) is 1.31. The van der Waals surface area contributed by atoms with Gasteiger partial charge in [-0.15, -0.1) is 0 Å². The van der Waals surface area contributed by atoms with Crippen LogP contribution in [-0.2, 0) is 14.3 Å². The summed E-state index contributed by atoms with van der Waals surface area (Å²) in [5.41, 5.74) is 2.08. The highest BCUT2D eigenvalue weighted by molar-refractivity contribution is 6.35. The lowest BCUT2D eigenvalue weighted by Crippen LogP contribution is -2.14. The van der Waals surface area contributed by atoms with Crippen LogP contribution in [0.25, 0.3) is 5.57 Å². The van der Waals surface area contributed by atoms with E-state index >= 15 is 0 Å². The molecule has 0 amide bonds. The van der Waals surface area contributed by atoms with Gasteiger partial charge in [-0.3, -0.25) is 4.79 Å². The Morgan fingerprint density at radius 3 is 2.42 bits per heavy atom. The number of carbonyl (C=O) groups excluding carboxylic acids is 2. The van der Waals surface area contributed by atoms with E-state index in [1.807, 2.05) is 30.3 Å². The summed E-state index contributed by atoms with van der Waals surface area (Å²) in [7, 11) is 0. The van der Waals surface area contributed by atoms with Crippen LogP contribution >= 0.6 is 0 Å². The van der Waals surface area contributed by atoms with Crippen molar-refractivity contribution in [1.29, 1.82) is 0 Å². The molecule has 0 aliphatic heterocycles. The van der Waals surface area contributed by atoms with Gasteiger partial charge < -0.3 is 14.6 Å². The third kappa shape index (κ3) is 3.21. The minimum atomic E-state index is -1.12. The number of carboxylic acids is 1.